The number of rotatable bonds is 2. The lowest BCUT2D eigenvalue weighted by Gasteiger charge is -2.04. The van der Waals surface area contributed by atoms with Gasteiger partial charge < -0.3 is 10.3 Å². The molecule has 0 bridgehead atoms. The maximum Gasteiger partial charge on any atom is 0.192 e. The number of para-hydroxylation sites is 1. The van der Waals surface area contributed by atoms with Crippen molar-refractivity contribution in [3.8, 4) is 0 Å². The molecule has 0 amide bonds. The summed E-state index contributed by atoms with van der Waals surface area (Å²) in [4.78, 5) is 11.8. The standard InChI is InChI=1S/C13H16N2O/c1-8-5-4-6-10-9(2)13(11(16)7-14)15(3)12(8)10/h4-6H,7,14H2,1-3H3. The number of carbonyl (C=O) groups excluding carboxylic acids is 1. The maximum absolute atomic E-state index is 11.8. The van der Waals surface area contributed by atoms with Crippen LogP contribution >= 0.6 is 0 Å². The molecule has 3 heteroatoms. The minimum Gasteiger partial charge on any atom is -0.341 e. The summed E-state index contributed by atoms with van der Waals surface area (Å²) in [7, 11) is 1.92. The van der Waals surface area contributed by atoms with E-state index in [1.54, 1.807) is 0 Å². The van der Waals surface area contributed by atoms with Crippen molar-refractivity contribution in [1.82, 2.24) is 4.57 Å². The number of hydrogen-bond donors (Lipinski definition) is 1. The third-order valence-electron chi connectivity index (χ3n) is 3.12. The Kier molecular flexibility index (Phi) is 2.56. The van der Waals surface area contributed by atoms with Crippen molar-refractivity contribution >= 4 is 16.7 Å². The van der Waals surface area contributed by atoms with Gasteiger partial charge in [-0.25, -0.2) is 0 Å². The molecule has 3 nitrogen and oxygen atoms in total. The smallest absolute Gasteiger partial charge is 0.192 e. The first-order valence-electron chi connectivity index (χ1n) is 5.35. The molecule has 1 aromatic carbocycles. The number of ketones is 1. The van der Waals surface area contributed by atoms with Crippen molar-refractivity contribution in [3.05, 3.63) is 35.0 Å². The molecule has 1 heterocycles. The van der Waals surface area contributed by atoms with Crippen LogP contribution in [0.3, 0.4) is 0 Å². The molecule has 84 valence electrons. The molecule has 2 aromatic rings. The lowest BCUT2D eigenvalue weighted by Crippen LogP contribution is -2.17. The summed E-state index contributed by atoms with van der Waals surface area (Å²) in [6.45, 7) is 4.09. The first kappa shape index (κ1) is 10.9. The maximum atomic E-state index is 11.8. The van der Waals surface area contributed by atoms with Crippen LogP contribution in [-0.4, -0.2) is 16.9 Å². The van der Waals surface area contributed by atoms with E-state index in [0.717, 1.165) is 22.2 Å². The highest BCUT2D eigenvalue weighted by molar-refractivity contribution is 6.04. The second-order valence-corrected chi connectivity index (χ2v) is 4.13. The average Bonchev–Trinajstić information content (AvgIpc) is 2.52. The summed E-state index contributed by atoms with van der Waals surface area (Å²) < 4.78 is 1.95. The van der Waals surface area contributed by atoms with Crippen LogP contribution in [0.2, 0.25) is 0 Å². The zero-order chi connectivity index (χ0) is 11.9. The molecule has 16 heavy (non-hydrogen) atoms. The highest BCUT2D eigenvalue weighted by Crippen LogP contribution is 2.27. The van der Waals surface area contributed by atoms with Crippen molar-refractivity contribution in [3.63, 3.8) is 0 Å². The second kappa shape index (κ2) is 3.76. The van der Waals surface area contributed by atoms with Crippen LogP contribution in [0.15, 0.2) is 18.2 Å². The topological polar surface area (TPSA) is 48.0 Å². The normalized spacial score (nSPS) is 11.0. The molecular weight excluding hydrogens is 200 g/mol. The Morgan fingerprint density at radius 1 is 1.38 bits per heavy atom. The number of carbonyl (C=O) groups is 1. The molecule has 2 N–H and O–H groups in total. The third-order valence-corrected chi connectivity index (χ3v) is 3.12. The van der Waals surface area contributed by atoms with Crippen molar-refractivity contribution in [1.29, 1.82) is 0 Å². The van der Waals surface area contributed by atoms with Gasteiger partial charge in [-0.15, -0.1) is 0 Å². The van der Waals surface area contributed by atoms with E-state index >= 15 is 0 Å². The zero-order valence-corrected chi connectivity index (χ0v) is 9.87. The van der Waals surface area contributed by atoms with E-state index in [9.17, 15) is 4.79 Å². The van der Waals surface area contributed by atoms with Crippen molar-refractivity contribution in [2.75, 3.05) is 6.54 Å². The Morgan fingerprint density at radius 3 is 2.62 bits per heavy atom. The van der Waals surface area contributed by atoms with Crippen LogP contribution < -0.4 is 5.73 Å². The fourth-order valence-corrected chi connectivity index (χ4v) is 2.39. The Hall–Kier alpha value is -1.61. The summed E-state index contributed by atoms with van der Waals surface area (Å²) in [6, 6.07) is 6.12. The molecular formula is C13H16N2O. The summed E-state index contributed by atoms with van der Waals surface area (Å²) >= 11 is 0. The van der Waals surface area contributed by atoms with E-state index in [0.29, 0.717) is 0 Å². The van der Waals surface area contributed by atoms with Crippen LogP contribution in [-0.2, 0) is 7.05 Å². The molecule has 0 radical (unpaired) electrons. The minimum absolute atomic E-state index is 0.00407. The number of aromatic nitrogens is 1. The number of aryl methyl sites for hydroxylation is 3. The Labute approximate surface area is 94.9 Å². The van der Waals surface area contributed by atoms with E-state index in [1.807, 2.05) is 30.7 Å². The predicted octanol–water partition coefficient (Wildman–Crippen LogP) is 1.94. The quantitative estimate of drug-likeness (QED) is 0.780. The highest BCUT2D eigenvalue weighted by Gasteiger charge is 2.17. The van der Waals surface area contributed by atoms with Gasteiger partial charge in [0.25, 0.3) is 0 Å². The Morgan fingerprint density at radius 2 is 2.06 bits per heavy atom. The number of hydrogen-bond acceptors (Lipinski definition) is 2. The van der Waals surface area contributed by atoms with Crippen LogP contribution in [0.4, 0.5) is 0 Å². The molecule has 0 unspecified atom stereocenters. The van der Waals surface area contributed by atoms with Crippen molar-refractivity contribution < 1.29 is 4.79 Å². The van der Waals surface area contributed by atoms with E-state index < -0.39 is 0 Å². The van der Waals surface area contributed by atoms with Gasteiger partial charge in [0.05, 0.1) is 17.8 Å². The van der Waals surface area contributed by atoms with Gasteiger partial charge in [-0.1, -0.05) is 18.2 Å². The van der Waals surface area contributed by atoms with Gasteiger partial charge in [0.2, 0.25) is 0 Å². The first-order chi connectivity index (χ1) is 7.57. The summed E-state index contributed by atoms with van der Waals surface area (Å²) in [5.74, 6) is -0.00407. The highest BCUT2D eigenvalue weighted by atomic mass is 16.1. The predicted molar refractivity (Wildman–Crippen MR) is 65.8 cm³/mol. The molecule has 0 aliphatic carbocycles. The first-order valence-corrected chi connectivity index (χ1v) is 5.35. The van der Waals surface area contributed by atoms with Crippen molar-refractivity contribution in [2.45, 2.75) is 13.8 Å². The van der Waals surface area contributed by atoms with Crippen molar-refractivity contribution in [2.24, 2.45) is 12.8 Å². The van der Waals surface area contributed by atoms with Gasteiger partial charge in [-0.3, -0.25) is 4.79 Å². The average molecular weight is 216 g/mol. The molecule has 1 aromatic heterocycles. The summed E-state index contributed by atoms with van der Waals surface area (Å²) in [5, 5.41) is 1.14. The number of Topliss-reactive ketones (excluding diaryl/α,β-unsaturated/α-hetero) is 1. The Balaban J connectivity index is 2.87. The summed E-state index contributed by atoms with van der Waals surface area (Å²) in [5.41, 5.74) is 9.49. The number of benzene rings is 1. The van der Waals surface area contributed by atoms with Gasteiger partial charge in [0, 0.05) is 12.4 Å². The molecule has 0 aliphatic heterocycles. The van der Waals surface area contributed by atoms with E-state index in [1.165, 1.54) is 5.56 Å². The van der Waals surface area contributed by atoms with Gasteiger partial charge in [-0.05, 0) is 25.0 Å². The number of nitrogens with zero attached hydrogens (tertiary/aromatic N) is 1. The fraction of sp³-hybridized carbons (Fsp3) is 0.308. The second-order valence-electron chi connectivity index (χ2n) is 4.13. The minimum atomic E-state index is -0.00407. The van der Waals surface area contributed by atoms with Crippen LogP contribution in [0.1, 0.15) is 21.6 Å². The molecule has 0 atom stereocenters. The molecule has 0 saturated heterocycles. The summed E-state index contributed by atoms with van der Waals surface area (Å²) in [6.07, 6.45) is 0. The van der Waals surface area contributed by atoms with Gasteiger partial charge >= 0.3 is 0 Å². The van der Waals surface area contributed by atoms with Crippen LogP contribution in [0.25, 0.3) is 10.9 Å². The van der Waals surface area contributed by atoms with Crippen LogP contribution in [0.5, 0.6) is 0 Å². The van der Waals surface area contributed by atoms with Crippen LogP contribution in [0, 0.1) is 13.8 Å². The van der Waals surface area contributed by atoms with E-state index in [2.05, 4.69) is 13.0 Å². The van der Waals surface area contributed by atoms with E-state index in [4.69, 9.17) is 5.73 Å². The molecule has 0 saturated carbocycles. The lowest BCUT2D eigenvalue weighted by molar-refractivity contribution is 0.0993. The monoisotopic (exact) mass is 216 g/mol. The van der Waals surface area contributed by atoms with Gasteiger partial charge in [-0.2, -0.15) is 0 Å². The molecule has 0 spiro atoms. The Bertz CT molecular complexity index is 567. The molecule has 0 fully saturated rings. The number of nitrogens with two attached hydrogens (primary N) is 1. The zero-order valence-electron chi connectivity index (χ0n) is 9.87. The SMILES string of the molecule is Cc1c(C(=O)CN)n(C)c2c(C)cccc12. The van der Waals surface area contributed by atoms with Gasteiger partial charge in [0.15, 0.2) is 5.78 Å². The lowest BCUT2D eigenvalue weighted by atomic mass is 10.1. The van der Waals surface area contributed by atoms with E-state index in [-0.39, 0.29) is 12.3 Å². The fourth-order valence-electron chi connectivity index (χ4n) is 2.39. The third kappa shape index (κ3) is 1.36. The number of fused-ring (bicyclic) bond motifs is 1. The van der Waals surface area contributed by atoms with Gasteiger partial charge in [0.1, 0.15) is 0 Å². The molecule has 0 aliphatic rings. The molecule has 2 rings (SSSR count). The largest absolute Gasteiger partial charge is 0.341 e.